The van der Waals surface area contributed by atoms with Gasteiger partial charge in [-0.05, 0) is 37.0 Å². The van der Waals surface area contributed by atoms with Crippen LogP contribution in [0.2, 0.25) is 0 Å². The Labute approximate surface area is 117 Å². The van der Waals surface area contributed by atoms with E-state index in [4.69, 9.17) is 5.11 Å². The third kappa shape index (κ3) is 4.97. The minimum absolute atomic E-state index is 0.0256. The number of halogens is 1. The number of carbonyl (C=O) groups excluding carboxylic acids is 2. The van der Waals surface area contributed by atoms with E-state index in [1.807, 2.05) is 6.92 Å². The maximum Gasteiger partial charge on any atom is 0.313 e. The van der Waals surface area contributed by atoms with Gasteiger partial charge < -0.3 is 15.7 Å². The molecule has 0 saturated carbocycles. The van der Waals surface area contributed by atoms with Gasteiger partial charge in [0, 0.05) is 13.2 Å². The monoisotopic (exact) mass is 282 g/mol. The smallest absolute Gasteiger partial charge is 0.313 e. The zero-order valence-electron chi connectivity index (χ0n) is 11.6. The second-order valence-corrected chi connectivity index (χ2v) is 4.76. The lowest BCUT2D eigenvalue weighted by Gasteiger charge is -2.11. The zero-order chi connectivity index (χ0) is 15.1. The van der Waals surface area contributed by atoms with Crippen LogP contribution in [0.4, 0.5) is 10.1 Å². The predicted molar refractivity (Wildman–Crippen MR) is 73.6 cm³/mol. The lowest BCUT2D eigenvalue weighted by atomic mass is 10.1. The Hall–Kier alpha value is -1.95. The Bertz CT molecular complexity index is 491. The van der Waals surface area contributed by atoms with Crippen LogP contribution >= 0.6 is 0 Å². The van der Waals surface area contributed by atoms with Gasteiger partial charge in [-0.15, -0.1) is 0 Å². The fraction of sp³-hybridized carbons (Fsp3) is 0.429. The highest BCUT2D eigenvalue weighted by molar-refractivity contribution is 6.39. The molecule has 20 heavy (non-hydrogen) atoms. The van der Waals surface area contributed by atoms with Gasteiger partial charge in [-0.1, -0.05) is 13.0 Å². The number of aliphatic hydroxyl groups is 1. The van der Waals surface area contributed by atoms with Crippen LogP contribution < -0.4 is 10.6 Å². The van der Waals surface area contributed by atoms with Crippen molar-refractivity contribution < 1.29 is 19.1 Å². The standard InChI is InChI=1S/C14H19FN2O3/c1-9-3-4-12(11(15)7-9)17-14(20)13(19)16-8-10(2)5-6-18/h3-4,7,10,18H,5-6,8H2,1-2H3,(H,16,19)(H,17,20). The first-order chi connectivity index (χ1) is 9.43. The quantitative estimate of drug-likeness (QED) is 0.710. The van der Waals surface area contributed by atoms with E-state index in [2.05, 4.69) is 10.6 Å². The van der Waals surface area contributed by atoms with Gasteiger partial charge in [0.05, 0.1) is 5.69 Å². The van der Waals surface area contributed by atoms with Crippen LogP contribution in [0.3, 0.4) is 0 Å². The Kier molecular flexibility index (Phi) is 6.11. The van der Waals surface area contributed by atoms with Crippen molar-refractivity contribution in [3.63, 3.8) is 0 Å². The van der Waals surface area contributed by atoms with E-state index in [1.165, 1.54) is 12.1 Å². The SMILES string of the molecule is Cc1ccc(NC(=O)C(=O)NCC(C)CCO)c(F)c1. The Balaban J connectivity index is 2.51. The maximum atomic E-state index is 13.5. The Morgan fingerprint density at radius 3 is 2.65 bits per heavy atom. The van der Waals surface area contributed by atoms with Crippen molar-refractivity contribution in [3.05, 3.63) is 29.6 Å². The summed E-state index contributed by atoms with van der Waals surface area (Å²) in [6.45, 7) is 3.87. The van der Waals surface area contributed by atoms with E-state index >= 15 is 0 Å². The van der Waals surface area contributed by atoms with Gasteiger partial charge in [0.2, 0.25) is 0 Å². The first-order valence-corrected chi connectivity index (χ1v) is 6.40. The van der Waals surface area contributed by atoms with Crippen LogP contribution in [-0.2, 0) is 9.59 Å². The van der Waals surface area contributed by atoms with Crippen LogP contribution in [0, 0.1) is 18.7 Å². The largest absolute Gasteiger partial charge is 0.396 e. The third-order valence-corrected chi connectivity index (χ3v) is 2.81. The second kappa shape index (κ2) is 7.59. The van der Waals surface area contributed by atoms with E-state index in [0.29, 0.717) is 6.42 Å². The lowest BCUT2D eigenvalue weighted by molar-refractivity contribution is -0.136. The average Bonchev–Trinajstić information content (AvgIpc) is 2.39. The summed E-state index contributed by atoms with van der Waals surface area (Å²) >= 11 is 0. The molecule has 0 aliphatic rings. The highest BCUT2D eigenvalue weighted by Gasteiger charge is 2.16. The van der Waals surface area contributed by atoms with Gasteiger partial charge in [0.15, 0.2) is 0 Å². The van der Waals surface area contributed by atoms with E-state index in [1.54, 1.807) is 13.0 Å². The normalized spacial score (nSPS) is 11.8. The number of hydrogen-bond donors (Lipinski definition) is 3. The van der Waals surface area contributed by atoms with Crippen molar-refractivity contribution in [2.75, 3.05) is 18.5 Å². The highest BCUT2D eigenvalue weighted by Crippen LogP contribution is 2.14. The van der Waals surface area contributed by atoms with Gasteiger partial charge >= 0.3 is 11.8 Å². The van der Waals surface area contributed by atoms with Crippen molar-refractivity contribution in [2.45, 2.75) is 20.3 Å². The number of aryl methyl sites for hydroxylation is 1. The number of rotatable bonds is 5. The number of aliphatic hydroxyl groups excluding tert-OH is 1. The summed E-state index contributed by atoms with van der Waals surface area (Å²) in [6.07, 6.45) is 0.536. The van der Waals surface area contributed by atoms with E-state index < -0.39 is 17.6 Å². The molecule has 0 aliphatic carbocycles. The fourth-order valence-corrected chi connectivity index (χ4v) is 1.57. The summed E-state index contributed by atoms with van der Waals surface area (Å²) in [5, 5.41) is 13.4. The predicted octanol–water partition coefficient (Wildman–Crippen LogP) is 1.21. The van der Waals surface area contributed by atoms with Gasteiger partial charge in [-0.3, -0.25) is 9.59 Å². The third-order valence-electron chi connectivity index (χ3n) is 2.81. The molecule has 1 aromatic rings. The Morgan fingerprint density at radius 1 is 1.35 bits per heavy atom. The van der Waals surface area contributed by atoms with E-state index in [0.717, 1.165) is 5.56 Å². The van der Waals surface area contributed by atoms with Gasteiger partial charge in [-0.2, -0.15) is 0 Å². The van der Waals surface area contributed by atoms with Crippen molar-refractivity contribution in [1.82, 2.24) is 5.32 Å². The lowest BCUT2D eigenvalue weighted by Crippen LogP contribution is -2.37. The molecule has 0 heterocycles. The molecule has 0 radical (unpaired) electrons. The van der Waals surface area contributed by atoms with Crippen LogP contribution in [-0.4, -0.2) is 30.1 Å². The zero-order valence-corrected chi connectivity index (χ0v) is 11.6. The first kappa shape index (κ1) is 16.1. The van der Waals surface area contributed by atoms with Crippen molar-refractivity contribution in [3.8, 4) is 0 Å². The second-order valence-electron chi connectivity index (χ2n) is 4.76. The molecule has 1 unspecified atom stereocenters. The number of amides is 2. The van der Waals surface area contributed by atoms with Gasteiger partial charge in [0.25, 0.3) is 0 Å². The number of nitrogens with one attached hydrogen (secondary N) is 2. The summed E-state index contributed by atoms with van der Waals surface area (Å²) < 4.78 is 13.5. The molecule has 1 aromatic carbocycles. The van der Waals surface area contributed by atoms with Crippen LogP contribution in [0.15, 0.2) is 18.2 Å². The molecule has 110 valence electrons. The molecule has 0 aromatic heterocycles. The van der Waals surface area contributed by atoms with Crippen LogP contribution in [0.1, 0.15) is 18.9 Å². The molecule has 2 amide bonds. The van der Waals surface area contributed by atoms with Crippen LogP contribution in [0.5, 0.6) is 0 Å². The van der Waals surface area contributed by atoms with E-state index in [9.17, 15) is 14.0 Å². The summed E-state index contributed by atoms with van der Waals surface area (Å²) in [5.41, 5.74) is 0.696. The topological polar surface area (TPSA) is 78.4 Å². The minimum Gasteiger partial charge on any atom is -0.396 e. The first-order valence-electron chi connectivity index (χ1n) is 6.40. The fourth-order valence-electron chi connectivity index (χ4n) is 1.57. The van der Waals surface area contributed by atoms with Crippen molar-refractivity contribution in [2.24, 2.45) is 5.92 Å². The molecule has 3 N–H and O–H groups in total. The molecule has 0 spiro atoms. The Morgan fingerprint density at radius 2 is 2.05 bits per heavy atom. The van der Waals surface area contributed by atoms with Crippen molar-refractivity contribution in [1.29, 1.82) is 0 Å². The summed E-state index contributed by atoms with van der Waals surface area (Å²) in [5.74, 6) is -2.26. The molecule has 0 aliphatic heterocycles. The van der Waals surface area contributed by atoms with Crippen LogP contribution in [0.25, 0.3) is 0 Å². The van der Waals surface area contributed by atoms with Gasteiger partial charge in [-0.25, -0.2) is 4.39 Å². The molecule has 5 nitrogen and oxygen atoms in total. The highest BCUT2D eigenvalue weighted by atomic mass is 19.1. The molecule has 1 atom stereocenters. The molecule has 6 heteroatoms. The van der Waals surface area contributed by atoms with Crippen molar-refractivity contribution >= 4 is 17.5 Å². The van der Waals surface area contributed by atoms with E-state index in [-0.39, 0.29) is 24.8 Å². The molecule has 1 rings (SSSR count). The number of carbonyl (C=O) groups is 2. The summed E-state index contributed by atoms with van der Waals surface area (Å²) in [6, 6.07) is 4.32. The minimum atomic E-state index is -0.913. The number of benzene rings is 1. The molecule has 0 saturated heterocycles. The average molecular weight is 282 g/mol. The molecule has 0 bridgehead atoms. The van der Waals surface area contributed by atoms with Gasteiger partial charge in [0.1, 0.15) is 5.82 Å². The maximum absolute atomic E-state index is 13.5. The number of anilines is 1. The summed E-state index contributed by atoms with van der Waals surface area (Å²) in [7, 11) is 0. The summed E-state index contributed by atoms with van der Waals surface area (Å²) in [4.78, 5) is 23.1. The number of hydrogen-bond acceptors (Lipinski definition) is 3. The molecular formula is C14H19FN2O3. The molecule has 0 fully saturated rings. The molecular weight excluding hydrogens is 263 g/mol.